The molecule has 1 fully saturated rings. The van der Waals surface area contributed by atoms with Crippen LogP contribution in [0.15, 0.2) is 46.9 Å². The molecular weight excluding hydrogens is 422 g/mol. The molecule has 0 aliphatic carbocycles. The second kappa shape index (κ2) is 8.04. The summed E-state index contributed by atoms with van der Waals surface area (Å²) in [4.78, 5) is 27.1. The minimum Gasteiger partial charge on any atom is -0.481 e. The number of nitrogens with zero attached hydrogens (tertiary/aromatic N) is 2. The average Bonchev–Trinajstić information content (AvgIpc) is 2.61. The third kappa shape index (κ3) is 4.63. The van der Waals surface area contributed by atoms with Gasteiger partial charge in [-0.05, 0) is 42.0 Å². The van der Waals surface area contributed by atoms with E-state index in [2.05, 4.69) is 15.9 Å². The zero-order valence-corrected chi connectivity index (χ0v) is 15.8. The molecule has 2 aromatic carbocycles. The topological polar surface area (TPSA) is 60.9 Å². The molecule has 5 nitrogen and oxygen atoms in total. The first kappa shape index (κ1) is 19.3. The number of hydrogen-bond donors (Lipinski definition) is 1. The van der Waals surface area contributed by atoms with Crippen molar-refractivity contribution in [2.45, 2.75) is 13.0 Å². The van der Waals surface area contributed by atoms with Crippen LogP contribution in [0.4, 0.5) is 19.3 Å². The lowest BCUT2D eigenvalue weighted by molar-refractivity contribution is -0.138. The molecule has 1 heterocycles. The summed E-state index contributed by atoms with van der Waals surface area (Å²) < 4.78 is 27.5. The van der Waals surface area contributed by atoms with Gasteiger partial charge in [-0.15, -0.1) is 0 Å². The number of carboxylic acid groups (broad SMARTS) is 1. The number of carbonyl (C=O) groups excluding carboxylic acids is 1. The van der Waals surface area contributed by atoms with E-state index in [1.165, 1.54) is 15.9 Å². The predicted octanol–water partition coefficient (Wildman–Crippen LogP) is 4.26. The molecule has 1 aliphatic rings. The third-order valence-electron chi connectivity index (χ3n) is 4.38. The van der Waals surface area contributed by atoms with Crippen LogP contribution < -0.4 is 4.90 Å². The molecule has 1 N–H and O–H groups in total. The van der Waals surface area contributed by atoms with E-state index < -0.39 is 17.6 Å². The van der Waals surface area contributed by atoms with Gasteiger partial charge >= 0.3 is 12.0 Å². The normalized spacial score (nSPS) is 17.3. The van der Waals surface area contributed by atoms with Gasteiger partial charge in [0, 0.05) is 35.7 Å². The second-order valence-corrected chi connectivity index (χ2v) is 7.38. The van der Waals surface area contributed by atoms with Gasteiger partial charge in [0.1, 0.15) is 0 Å². The highest BCUT2D eigenvalue weighted by molar-refractivity contribution is 9.10. The Hall–Kier alpha value is -2.48. The van der Waals surface area contributed by atoms with Crippen molar-refractivity contribution in [1.82, 2.24) is 4.90 Å². The molecule has 2 aromatic rings. The molecule has 0 radical (unpaired) electrons. The molecule has 2 amide bonds. The van der Waals surface area contributed by atoms with Gasteiger partial charge < -0.3 is 10.0 Å². The summed E-state index contributed by atoms with van der Waals surface area (Å²) in [5.41, 5.74) is 1.09. The number of halogens is 3. The number of benzene rings is 2. The summed E-state index contributed by atoms with van der Waals surface area (Å²) in [6.45, 7) is 0.581. The van der Waals surface area contributed by atoms with Crippen molar-refractivity contribution < 1.29 is 23.5 Å². The van der Waals surface area contributed by atoms with Crippen LogP contribution in [0.25, 0.3) is 0 Å². The van der Waals surface area contributed by atoms with E-state index in [4.69, 9.17) is 5.11 Å². The smallest absolute Gasteiger partial charge is 0.324 e. The Morgan fingerprint density at radius 3 is 2.44 bits per heavy atom. The lowest BCUT2D eigenvalue weighted by Gasteiger charge is -2.40. The van der Waals surface area contributed by atoms with Gasteiger partial charge in [0.15, 0.2) is 11.6 Å². The van der Waals surface area contributed by atoms with Crippen LogP contribution in [-0.4, -0.2) is 35.1 Å². The highest BCUT2D eigenvalue weighted by atomic mass is 79.9. The van der Waals surface area contributed by atoms with Crippen LogP contribution in [0.2, 0.25) is 0 Å². The summed E-state index contributed by atoms with van der Waals surface area (Å²) >= 11 is 3.34. The molecular formula is C19H17BrF2N2O3. The van der Waals surface area contributed by atoms with Crippen LogP contribution >= 0.6 is 15.9 Å². The SMILES string of the molecule is O=C(O)CC1CN(Cc2ccc(F)c(F)c2)C(=O)N(c2ccc(Br)cc2)C1. The van der Waals surface area contributed by atoms with Gasteiger partial charge in [-0.25, -0.2) is 13.6 Å². The molecule has 1 saturated heterocycles. The van der Waals surface area contributed by atoms with Crippen LogP contribution in [0, 0.1) is 17.6 Å². The lowest BCUT2D eigenvalue weighted by atomic mass is 10.0. The Bertz CT molecular complexity index is 861. The molecule has 3 rings (SSSR count). The van der Waals surface area contributed by atoms with Gasteiger partial charge in [-0.1, -0.05) is 22.0 Å². The monoisotopic (exact) mass is 438 g/mol. The zero-order valence-electron chi connectivity index (χ0n) is 14.2. The summed E-state index contributed by atoms with van der Waals surface area (Å²) in [6.07, 6.45) is -0.0887. The van der Waals surface area contributed by atoms with Crippen LogP contribution in [-0.2, 0) is 11.3 Å². The fraction of sp³-hybridized carbons (Fsp3) is 0.263. The molecule has 1 aliphatic heterocycles. The molecule has 0 aromatic heterocycles. The Balaban J connectivity index is 1.86. The van der Waals surface area contributed by atoms with E-state index in [1.807, 2.05) is 0 Å². The molecule has 0 bridgehead atoms. The molecule has 27 heavy (non-hydrogen) atoms. The first-order chi connectivity index (χ1) is 12.8. The maximum absolute atomic E-state index is 13.5. The zero-order chi connectivity index (χ0) is 19.6. The van der Waals surface area contributed by atoms with Gasteiger partial charge in [-0.3, -0.25) is 9.69 Å². The summed E-state index contributed by atoms with van der Waals surface area (Å²) in [5.74, 6) is -3.17. The number of anilines is 1. The largest absolute Gasteiger partial charge is 0.481 e. The lowest BCUT2D eigenvalue weighted by Crippen LogP contribution is -2.53. The fourth-order valence-electron chi connectivity index (χ4n) is 3.16. The van der Waals surface area contributed by atoms with Crippen LogP contribution in [0.5, 0.6) is 0 Å². The van der Waals surface area contributed by atoms with Gasteiger partial charge in [0.25, 0.3) is 0 Å². The molecule has 0 spiro atoms. The average molecular weight is 439 g/mol. The summed E-state index contributed by atoms with van der Waals surface area (Å²) in [6, 6.07) is 10.3. The van der Waals surface area contributed by atoms with Crippen LogP contribution in [0.1, 0.15) is 12.0 Å². The predicted molar refractivity (Wildman–Crippen MR) is 99.4 cm³/mol. The Labute approximate surface area is 163 Å². The molecule has 142 valence electrons. The van der Waals surface area contributed by atoms with Crippen molar-refractivity contribution in [3.8, 4) is 0 Å². The molecule has 8 heteroatoms. The van der Waals surface area contributed by atoms with Crippen molar-refractivity contribution in [1.29, 1.82) is 0 Å². The van der Waals surface area contributed by atoms with Crippen molar-refractivity contribution in [3.05, 3.63) is 64.1 Å². The maximum atomic E-state index is 13.5. The summed E-state index contributed by atoms with van der Waals surface area (Å²) in [5, 5.41) is 9.15. The van der Waals surface area contributed by atoms with E-state index in [0.29, 0.717) is 11.3 Å². The number of carboxylic acids is 1. The second-order valence-electron chi connectivity index (χ2n) is 6.46. The highest BCUT2D eigenvalue weighted by Crippen LogP contribution is 2.27. The Kier molecular flexibility index (Phi) is 5.74. The van der Waals surface area contributed by atoms with E-state index in [0.717, 1.165) is 16.6 Å². The number of rotatable bonds is 5. The van der Waals surface area contributed by atoms with E-state index >= 15 is 0 Å². The highest BCUT2D eigenvalue weighted by Gasteiger charge is 2.33. The molecule has 0 saturated carbocycles. The summed E-state index contributed by atoms with van der Waals surface area (Å²) in [7, 11) is 0. The van der Waals surface area contributed by atoms with Crippen molar-refractivity contribution in [2.75, 3.05) is 18.0 Å². The van der Waals surface area contributed by atoms with E-state index in [9.17, 15) is 18.4 Å². The number of hydrogen-bond acceptors (Lipinski definition) is 2. The van der Waals surface area contributed by atoms with Crippen molar-refractivity contribution in [3.63, 3.8) is 0 Å². The quantitative estimate of drug-likeness (QED) is 0.758. The molecule has 1 atom stereocenters. The number of urea groups is 1. The van der Waals surface area contributed by atoms with Crippen molar-refractivity contribution >= 4 is 33.6 Å². The van der Waals surface area contributed by atoms with E-state index in [-0.39, 0.29) is 38.0 Å². The van der Waals surface area contributed by atoms with Gasteiger partial charge in [-0.2, -0.15) is 0 Å². The maximum Gasteiger partial charge on any atom is 0.324 e. The minimum atomic E-state index is -0.983. The van der Waals surface area contributed by atoms with Crippen LogP contribution in [0.3, 0.4) is 0 Å². The molecule has 1 unspecified atom stereocenters. The number of carbonyl (C=O) groups is 2. The van der Waals surface area contributed by atoms with E-state index in [1.54, 1.807) is 24.3 Å². The minimum absolute atomic E-state index is 0.0686. The third-order valence-corrected chi connectivity index (χ3v) is 4.91. The van der Waals surface area contributed by atoms with Crippen molar-refractivity contribution in [2.24, 2.45) is 5.92 Å². The Morgan fingerprint density at radius 2 is 1.81 bits per heavy atom. The first-order valence-corrected chi connectivity index (χ1v) is 9.10. The van der Waals surface area contributed by atoms with Gasteiger partial charge in [0.2, 0.25) is 0 Å². The number of aliphatic carboxylic acids is 1. The fourth-order valence-corrected chi connectivity index (χ4v) is 3.42. The number of amides is 2. The van der Waals surface area contributed by atoms with Gasteiger partial charge in [0.05, 0.1) is 6.42 Å². The first-order valence-electron chi connectivity index (χ1n) is 8.31. The Morgan fingerprint density at radius 1 is 1.11 bits per heavy atom. The standard InChI is InChI=1S/C19H17BrF2N2O3/c20-14-2-4-15(5-3-14)24-11-13(8-18(25)26)10-23(19(24)27)9-12-1-6-16(21)17(22)7-12/h1-7,13H,8-11H2,(H,25,26).